The fourth-order valence-electron chi connectivity index (χ4n) is 2.10. The summed E-state index contributed by atoms with van der Waals surface area (Å²) in [6, 6.07) is 9.67. The molecule has 0 aliphatic carbocycles. The molecule has 1 unspecified atom stereocenters. The number of benzene rings is 1. The fourth-order valence-corrected chi connectivity index (χ4v) is 2.49. The molecular formula is C15H17Cl2N3. The van der Waals surface area contributed by atoms with Crippen molar-refractivity contribution in [3.8, 4) is 0 Å². The van der Waals surface area contributed by atoms with Crippen LogP contribution in [0.4, 0.5) is 0 Å². The Morgan fingerprint density at radius 1 is 1.15 bits per heavy atom. The summed E-state index contributed by atoms with van der Waals surface area (Å²) in [4.78, 5) is 4.01. The number of hydrogen-bond donors (Lipinski definition) is 2. The van der Waals surface area contributed by atoms with Crippen LogP contribution in [0.1, 0.15) is 17.5 Å². The molecule has 1 aromatic heterocycles. The molecule has 0 saturated heterocycles. The van der Waals surface area contributed by atoms with Crippen molar-refractivity contribution < 1.29 is 0 Å². The van der Waals surface area contributed by atoms with Crippen molar-refractivity contribution in [3.05, 3.63) is 63.9 Å². The van der Waals surface area contributed by atoms with Gasteiger partial charge in [0.1, 0.15) is 0 Å². The zero-order valence-electron chi connectivity index (χ0n) is 11.0. The summed E-state index contributed by atoms with van der Waals surface area (Å²) in [5.74, 6) is 5.63. The van der Waals surface area contributed by atoms with Crippen LogP contribution >= 0.6 is 23.2 Å². The number of hydrazine groups is 1. The summed E-state index contributed by atoms with van der Waals surface area (Å²) in [7, 11) is 0. The second kappa shape index (κ2) is 7.60. The van der Waals surface area contributed by atoms with Gasteiger partial charge in [0.15, 0.2) is 0 Å². The van der Waals surface area contributed by atoms with E-state index in [0.29, 0.717) is 5.02 Å². The first-order chi connectivity index (χ1) is 9.69. The lowest BCUT2D eigenvalue weighted by molar-refractivity contribution is 0.491. The molecule has 1 heterocycles. The Morgan fingerprint density at radius 3 is 2.60 bits per heavy atom. The average Bonchev–Trinajstić information content (AvgIpc) is 2.48. The molecule has 0 saturated carbocycles. The first kappa shape index (κ1) is 15.3. The van der Waals surface area contributed by atoms with E-state index in [1.54, 1.807) is 18.5 Å². The van der Waals surface area contributed by atoms with E-state index < -0.39 is 0 Å². The maximum Gasteiger partial charge on any atom is 0.0439 e. The van der Waals surface area contributed by atoms with Crippen LogP contribution < -0.4 is 11.3 Å². The number of aryl methyl sites for hydroxylation is 1. The van der Waals surface area contributed by atoms with Crippen LogP contribution in [0.15, 0.2) is 42.7 Å². The van der Waals surface area contributed by atoms with Crippen LogP contribution in [-0.4, -0.2) is 11.0 Å². The van der Waals surface area contributed by atoms with Crippen LogP contribution in [-0.2, 0) is 12.8 Å². The molecule has 106 valence electrons. The number of halogens is 2. The number of aromatic nitrogens is 1. The summed E-state index contributed by atoms with van der Waals surface area (Å²) in [5.41, 5.74) is 5.11. The molecule has 0 amide bonds. The predicted octanol–water partition coefficient (Wildman–Crippen LogP) is 3.40. The minimum Gasteiger partial charge on any atom is -0.271 e. The number of nitrogens with one attached hydrogen (secondary N) is 1. The number of pyridine rings is 1. The SMILES string of the molecule is NNC(CCc1ccncc1)Cc1cc(Cl)ccc1Cl. The molecule has 5 heteroatoms. The maximum absolute atomic E-state index is 6.18. The average molecular weight is 310 g/mol. The number of hydrogen-bond acceptors (Lipinski definition) is 3. The monoisotopic (exact) mass is 309 g/mol. The molecule has 0 aliphatic heterocycles. The fraction of sp³-hybridized carbons (Fsp3) is 0.267. The molecule has 0 aliphatic rings. The lowest BCUT2D eigenvalue weighted by atomic mass is 10.00. The molecule has 0 fully saturated rings. The number of rotatable bonds is 6. The van der Waals surface area contributed by atoms with E-state index in [2.05, 4.69) is 10.4 Å². The molecule has 0 spiro atoms. The van der Waals surface area contributed by atoms with Gasteiger partial charge >= 0.3 is 0 Å². The maximum atomic E-state index is 6.18. The van der Waals surface area contributed by atoms with Gasteiger partial charge in [0.2, 0.25) is 0 Å². The Labute approximate surface area is 129 Å². The highest BCUT2D eigenvalue weighted by atomic mass is 35.5. The first-order valence-electron chi connectivity index (χ1n) is 6.48. The molecular weight excluding hydrogens is 293 g/mol. The Kier molecular flexibility index (Phi) is 5.80. The Balaban J connectivity index is 1.97. The summed E-state index contributed by atoms with van der Waals surface area (Å²) in [6.07, 6.45) is 6.21. The third-order valence-electron chi connectivity index (χ3n) is 3.24. The summed E-state index contributed by atoms with van der Waals surface area (Å²) in [5, 5.41) is 1.41. The van der Waals surface area contributed by atoms with Gasteiger partial charge in [0, 0.05) is 28.5 Å². The van der Waals surface area contributed by atoms with Gasteiger partial charge in [-0.25, -0.2) is 0 Å². The van der Waals surface area contributed by atoms with Crippen LogP contribution in [0.5, 0.6) is 0 Å². The van der Waals surface area contributed by atoms with Crippen molar-refractivity contribution in [2.75, 3.05) is 0 Å². The van der Waals surface area contributed by atoms with Gasteiger partial charge in [-0.1, -0.05) is 23.2 Å². The highest BCUT2D eigenvalue weighted by Crippen LogP contribution is 2.22. The van der Waals surface area contributed by atoms with Gasteiger partial charge in [-0.05, 0) is 60.7 Å². The highest BCUT2D eigenvalue weighted by Gasteiger charge is 2.11. The second-order valence-electron chi connectivity index (χ2n) is 4.70. The summed E-state index contributed by atoms with van der Waals surface area (Å²) in [6.45, 7) is 0. The van der Waals surface area contributed by atoms with E-state index in [0.717, 1.165) is 29.8 Å². The molecule has 1 aromatic carbocycles. The lowest BCUT2D eigenvalue weighted by Crippen LogP contribution is -2.37. The van der Waals surface area contributed by atoms with E-state index in [4.69, 9.17) is 29.0 Å². The van der Waals surface area contributed by atoms with Crippen molar-refractivity contribution >= 4 is 23.2 Å². The molecule has 0 bridgehead atoms. The smallest absolute Gasteiger partial charge is 0.0439 e. The zero-order valence-corrected chi connectivity index (χ0v) is 12.5. The third kappa shape index (κ3) is 4.46. The molecule has 20 heavy (non-hydrogen) atoms. The Bertz CT molecular complexity index is 546. The summed E-state index contributed by atoms with van der Waals surface area (Å²) >= 11 is 12.2. The van der Waals surface area contributed by atoms with E-state index in [9.17, 15) is 0 Å². The van der Waals surface area contributed by atoms with Crippen LogP contribution in [0.3, 0.4) is 0 Å². The Hall–Kier alpha value is -1.13. The molecule has 3 N–H and O–H groups in total. The normalized spacial score (nSPS) is 12.3. The van der Waals surface area contributed by atoms with Crippen LogP contribution in [0.2, 0.25) is 10.0 Å². The quantitative estimate of drug-likeness (QED) is 0.635. The Morgan fingerprint density at radius 2 is 1.90 bits per heavy atom. The van der Waals surface area contributed by atoms with Gasteiger partial charge < -0.3 is 0 Å². The van der Waals surface area contributed by atoms with Crippen molar-refractivity contribution in [3.63, 3.8) is 0 Å². The van der Waals surface area contributed by atoms with Gasteiger partial charge in [-0.3, -0.25) is 16.3 Å². The topological polar surface area (TPSA) is 50.9 Å². The van der Waals surface area contributed by atoms with E-state index >= 15 is 0 Å². The molecule has 3 nitrogen and oxygen atoms in total. The minimum atomic E-state index is 0.152. The van der Waals surface area contributed by atoms with Crippen molar-refractivity contribution in [1.29, 1.82) is 0 Å². The largest absolute Gasteiger partial charge is 0.271 e. The standard InChI is InChI=1S/C15H17Cl2N3/c16-13-2-4-15(17)12(9-13)10-14(20-18)3-1-11-5-7-19-8-6-11/h2,4-9,14,20H,1,3,10,18H2. The number of nitrogens with two attached hydrogens (primary N) is 1. The molecule has 2 aromatic rings. The second-order valence-corrected chi connectivity index (χ2v) is 5.54. The van der Waals surface area contributed by atoms with Gasteiger partial charge in [0.25, 0.3) is 0 Å². The third-order valence-corrected chi connectivity index (χ3v) is 3.84. The molecule has 0 radical (unpaired) electrons. The van der Waals surface area contributed by atoms with E-state index in [1.165, 1.54) is 5.56 Å². The van der Waals surface area contributed by atoms with Crippen LogP contribution in [0.25, 0.3) is 0 Å². The highest BCUT2D eigenvalue weighted by molar-refractivity contribution is 6.33. The van der Waals surface area contributed by atoms with Crippen LogP contribution in [0, 0.1) is 0 Å². The minimum absolute atomic E-state index is 0.152. The van der Waals surface area contributed by atoms with Crippen molar-refractivity contribution in [2.24, 2.45) is 5.84 Å². The molecule has 1 atom stereocenters. The van der Waals surface area contributed by atoms with Gasteiger partial charge in [-0.2, -0.15) is 0 Å². The lowest BCUT2D eigenvalue weighted by Gasteiger charge is -2.17. The van der Waals surface area contributed by atoms with Crippen molar-refractivity contribution in [1.82, 2.24) is 10.4 Å². The van der Waals surface area contributed by atoms with E-state index in [1.807, 2.05) is 24.3 Å². The van der Waals surface area contributed by atoms with Gasteiger partial charge in [-0.15, -0.1) is 0 Å². The van der Waals surface area contributed by atoms with E-state index in [-0.39, 0.29) is 6.04 Å². The first-order valence-corrected chi connectivity index (χ1v) is 7.23. The number of nitrogens with zero attached hydrogens (tertiary/aromatic N) is 1. The summed E-state index contributed by atoms with van der Waals surface area (Å²) < 4.78 is 0. The zero-order chi connectivity index (χ0) is 14.4. The predicted molar refractivity (Wildman–Crippen MR) is 83.8 cm³/mol. The van der Waals surface area contributed by atoms with Gasteiger partial charge in [0.05, 0.1) is 0 Å². The van der Waals surface area contributed by atoms with Crippen molar-refractivity contribution in [2.45, 2.75) is 25.3 Å². The molecule has 2 rings (SSSR count).